The van der Waals surface area contributed by atoms with Gasteiger partial charge in [-0.05, 0) is 18.6 Å². The zero-order valence-corrected chi connectivity index (χ0v) is 8.87. The van der Waals surface area contributed by atoms with Crippen molar-refractivity contribution < 1.29 is 9.90 Å². The maximum atomic E-state index is 11.2. The molecule has 0 saturated carbocycles. The van der Waals surface area contributed by atoms with Crippen molar-refractivity contribution in [3.63, 3.8) is 0 Å². The van der Waals surface area contributed by atoms with E-state index in [2.05, 4.69) is 5.10 Å². The molecule has 2 rings (SSSR count). The molecule has 0 aliphatic carbocycles. The lowest BCUT2D eigenvalue weighted by atomic mass is 10.1. The molecule has 0 aliphatic heterocycles. The molecular formula is C12H12N2O2. The molecule has 0 spiro atoms. The number of rotatable bonds is 3. The van der Waals surface area contributed by atoms with Crippen LogP contribution in [0.2, 0.25) is 0 Å². The molecule has 82 valence electrons. The van der Waals surface area contributed by atoms with Gasteiger partial charge >= 0.3 is 5.97 Å². The van der Waals surface area contributed by atoms with Crippen LogP contribution in [0.1, 0.15) is 17.3 Å². The molecule has 1 aromatic heterocycles. The summed E-state index contributed by atoms with van der Waals surface area (Å²) in [5.74, 6) is -0.908. The van der Waals surface area contributed by atoms with Gasteiger partial charge in [0.1, 0.15) is 0 Å². The van der Waals surface area contributed by atoms with Crippen LogP contribution in [0.4, 0.5) is 0 Å². The summed E-state index contributed by atoms with van der Waals surface area (Å²) in [7, 11) is 0. The van der Waals surface area contributed by atoms with E-state index in [9.17, 15) is 9.90 Å². The number of nitrogens with zero attached hydrogens (tertiary/aromatic N) is 2. The minimum absolute atomic E-state index is 0.720. The van der Waals surface area contributed by atoms with E-state index in [0.29, 0.717) is 0 Å². The molecule has 1 atom stereocenters. The molecule has 2 aromatic rings. The van der Waals surface area contributed by atoms with Crippen molar-refractivity contribution in [2.75, 3.05) is 0 Å². The highest BCUT2D eigenvalue weighted by atomic mass is 16.4. The third-order valence-electron chi connectivity index (χ3n) is 2.36. The number of carbonyl (C=O) groups is 1. The molecule has 0 radical (unpaired) electrons. The van der Waals surface area contributed by atoms with Gasteiger partial charge in [0.15, 0.2) is 6.04 Å². The van der Waals surface area contributed by atoms with Gasteiger partial charge in [0, 0.05) is 6.20 Å². The summed E-state index contributed by atoms with van der Waals surface area (Å²) in [4.78, 5) is 11.2. The number of carboxylic acids is 1. The van der Waals surface area contributed by atoms with Crippen LogP contribution >= 0.6 is 0 Å². The molecule has 1 heterocycles. The molecule has 0 saturated heterocycles. The van der Waals surface area contributed by atoms with Crippen molar-refractivity contribution in [1.29, 1.82) is 0 Å². The zero-order valence-electron chi connectivity index (χ0n) is 8.87. The lowest BCUT2D eigenvalue weighted by Gasteiger charge is -2.12. The summed E-state index contributed by atoms with van der Waals surface area (Å²) in [6.07, 6.45) is 1.68. The van der Waals surface area contributed by atoms with Gasteiger partial charge in [-0.1, -0.05) is 30.3 Å². The fourth-order valence-corrected chi connectivity index (χ4v) is 1.62. The van der Waals surface area contributed by atoms with Gasteiger partial charge < -0.3 is 5.11 Å². The van der Waals surface area contributed by atoms with Crippen LogP contribution in [0.5, 0.6) is 0 Å². The molecular weight excluding hydrogens is 204 g/mol. The minimum Gasteiger partial charge on any atom is -0.479 e. The van der Waals surface area contributed by atoms with Gasteiger partial charge in [-0.25, -0.2) is 4.79 Å². The van der Waals surface area contributed by atoms with Gasteiger partial charge in [0.25, 0.3) is 0 Å². The molecule has 1 unspecified atom stereocenters. The molecule has 0 fully saturated rings. The molecule has 0 bridgehead atoms. The molecule has 0 aliphatic rings. The lowest BCUT2D eigenvalue weighted by Crippen LogP contribution is -2.20. The number of aromatic nitrogens is 2. The second kappa shape index (κ2) is 4.18. The highest BCUT2D eigenvalue weighted by Gasteiger charge is 2.21. The summed E-state index contributed by atoms with van der Waals surface area (Å²) in [5.41, 5.74) is 1.53. The number of hydrogen-bond donors (Lipinski definition) is 1. The predicted molar refractivity (Wildman–Crippen MR) is 59.2 cm³/mol. The van der Waals surface area contributed by atoms with E-state index < -0.39 is 12.0 Å². The summed E-state index contributed by atoms with van der Waals surface area (Å²) in [6.45, 7) is 1.83. The zero-order chi connectivity index (χ0) is 11.5. The van der Waals surface area contributed by atoms with Crippen molar-refractivity contribution in [3.05, 3.63) is 53.9 Å². The maximum Gasteiger partial charge on any atom is 0.333 e. The molecule has 0 amide bonds. The van der Waals surface area contributed by atoms with Crippen LogP contribution in [0.25, 0.3) is 0 Å². The van der Waals surface area contributed by atoms with Crippen LogP contribution < -0.4 is 0 Å². The van der Waals surface area contributed by atoms with Gasteiger partial charge in [-0.2, -0.15) is 5.10 Å². The van der Waals surface area contributed by atoms with E-state index in [-0.39, 0.29) is 0 Å². The SMILES string of the molecule is Cc1ccn(C(C(=O)O)c2ccccc2)n1. The number of benzene rings is 1. The normalized spacial score (nSPS) is 12.3. The van der Waals surface area contributed by atoms with Crippen molar-refractivity contribution in [2.45, 2.75) is 13.0 Å². The van der Waals surface area contributed by atoms with Gasteiger partial charge in [-0.15, -0.1) is 0 Å². The summed E-state index contributed by atoms with van der Waals surface area (Å²) in [5, 5.41) is 13.4. The largest absolute Gasteiger partial charge is 0.479 e. The van der Waals surface area contributed by atoms with Gasteiger partial charge in [-0.3, -0.25) is 4.68 Å². The van der Waals surface area contributed by atoms with Crippen LogP contribution in [0.15, 0.2) is 42.6 Å². The molecule has 4 nitrogen and oxygen atoms in total. The van der Waals surface area contributed by atoms with E-state index in [1.54, 1.807) is 24.4 Å². The first-order valence-electron chi connectivity index (χ1n) is 4.98. The third kappa shape index (κ3) is 1.95. The first kappa shape index (κ1) is 10.4. The topological polar surface area (TPSA) is 55.1 Å². The highest BCUT2D eigenvalue weighted by molar-refractivity contribution is 5.75. The van der Waals surface area contributed by atoms with E-state index in [1.807, 2.05) is 25.1 Å². The summed E-state index contributed by atoms with van der Waals surface area (Å²) < 4.78 is 1.47. The van der Waals surface area contributed by atoms with E-state index >= 15 is 0 Å². The van der Waals surface area contributed by atoms with Crippen LogP contribution in [-0.2, 0) is 4.79 Å². The average Bonchev–Trinajstić information content (AvgIpc) is 2.66. The first-order chi connectivity index (χ1) is 7.68. The van der Waals surface area contributed by atoms with Gasteiger partial charge in [0.2, 0.25) is 0 Å². The quantitative estimate of drug-likeness (QED) is 0.852. The first-order valence-corrected chi connectivity index (χ1v) is 4.98. The summed E-state index contributed by atoms with van der Waals surface area (Å²) >= 11 is 0. The monoisotopic (exact) mass is 216 g/mol. The van der Waals surface area contributed by atoms with Crippen molar-refractivity contribution in [2.24, 2.45) is 0 Å². The Morgan fingerprint density at radius 2 is 2.00 bits per heavy atom. The van der Waals surface area contributed by atoms with Gasteiger partial charge in [0.05, 0.1) is 5.69 Å². The number of aryl methyl sites for hydroxylation is 1. The Labute approximate surface area is 93.1 Å². The average molecular weight is 216 g/mol. The van der Waals surface area contributed by atoms with E-state index in [0.717, 1.165) is 11.3 Å². The second-order valence-corrected chi connectivity index (χ2v) is 3.59. The Kier molecular flexibility index (Phi) is 2.72. The third-order valence-corrected chi connectivity index (χ3v) is 2.36. The minimum atomic E-state index is -0.908. The Hall–Kier alpha value is -2.10. The Morgan fingerprint density at radius 1 is 1.31 bits per heavy atom. The highest BCUT2D eigenvalue weighted by Crippen LogP contribution is 2.17. The fraction of sp³-hybridized carbons (Fsp3) is 0.167. The Morgan fingerprint density at radius 3 is 2.50 bits per heavy atom. The van der Waals surface area contributed by atoms with Crippen molar-refractivity contribution >= 4 is 5.97 Å². The second-order valence-electron chi connectivity index (χ2n) is 3.59. The molecule has 4 heteroatoms. The number of aliphatic carboxylic acids is 1. The van der Waals surface area contributed by atoms with Crippen molar-refractivity contribution in [1.82, 2.24) is 9.78 Å². The maximum absolute atomic E-state index is 11.2. The molecule has 16 heavy (non-hydrogen) atoms. The Bertz CT molecular complexity index is 491. The smallest absolute Gasteiger partial charge is 0.333 e. The molecule has 1 N–H and O–H groups in total. The fourth-order valence-electron chi connectivity index (χ4n) is 1.62. The van der Waals surface area contributed by atoms with Crippen molar-refractivity contribution in [3.8, 4) is 0 Å². The van der Waals surface area contributed by atoms with E-state index in [1.165, 1.54) is 4.68 Å². The number of carboxylic acid groups (broad SMARTS) is 1. The van der Waals surface area contributed by atoms with Crippen LogP contribution in [-0.4, -0.2) is 20.9 Å². The summed E-state index contributed by atoms with van der Waals surface area (Å²) in [6, 6.07) is 10.1. The Balaban J connectivity index is 2.43. The van der Waals surface area contributed by atoms with E-state index in [4.69, 9.17) is 0 Å². The number of hydrogen-bond acceptors (Lipinski definition) is 2. The van der Waals surface area contributed by atoms with Crippen LogP contribution in [0, 0.1) is 6.92 Å². The van der Waals surface area contributed by atoms with Crippen LogP contribution in [0.3, 0.4) is 0 Å². The standard InChI is InChI=1S/C12H12N2O2/c1-9-7-8-14(13-9)11(12(15)16)10-5-3-2-4-6-10/h2-8,11H,1H3,(H,15,16). The lowest BCUT2D eigenvalue weighted by molar-refractivity contribution is -0.139. The molecule has 1 aromatic carbocycles. The predicted octanol–water partition coefficient (Wildman–Crippen LogP) is 1.87.